The van der Waals surface area contributed by atoms with Crippen LogP contribution in [0.1, 0.15) is 55.9 Å². The van der Waals surface area contributed by atoms with E-state index in [1.807, 2.05) is 6.92 Å². The molecule has 1 aromatic heterocycles. The molecule has 0 fully saturated rings. The molecule has 0 aliphatic rings. The van der Waals surface area contributed by atoms with Crippen molar-refractivity contribution in [2.75, 3.05) is 0 Å². The molecule has 2 aromatic carbocycles. The molecule has 0 unspecified atom stereocenters. The fraction of sp³-hybridized carbons (Fsp3) is 0.360. The van der Waals surface area contributed by atoms with Gasteiger partial charge >= 0.3 is 0 Å². The highest BCUT2D eigenvalue weighted by molar-refractivity contribution is 5.24. The molecule has 0 saturated heterocycles. The molecule has 1 N–H and O–H groups in total. The zero-order valence-electron chi connectivity index (χ0n) is 16.9. The molecule has 3 aromatic rings. The van der Waals surface area contributed by atoms with Crippen LogP contribution in [0.25, 0.3) is 0 Å². The minimum Gasteiger partial charge on any atom is -0.466 e. The van der Waals surface area contributed by atoms with Crippen molar-refractivity contribution in [3.05, 3.63) is 95.4 Å². The summed E-state index contributed by atoms with van der Waals surface area (Å²) in [5.41, 5.74) is 2.68. The minimum absolute atomic E-state index is 0.00530. The van der Waals surface area contributed by atoms with E-state index < -0.39 is 0 Å². The van der Waals surface area contributed by atoms with Gasteiger partial charge in [-0.2, -0.15) is 0 Å². The van der Waals surface area contributed by atoms with Gasteiger partial charge in [0.2, 0.25) is 0 Å². The number of aryl methyl sites for hydroxylation is 1. The Bertz CT molecular complexity index is 820. The standard InChI is InChI=1S/C25H31NO/c1-19(18-25(3,4)24-16-15-20(2)27-24)26-23(22-13-9-6-10-14-22)17-21-11-7-5-8-12-21/h5-16,19,23,26H,17-18H2,1-4H3/t19-,23-/m1/s1. The van der Waals surface area contributed by atoms with Crippen molar-refractivity contribution >= 4 is 0 Å². The Balaban J connectivity index is 1.73. The van der Waals surface area contributed by atoms with Gasteiger partial charge in [0.15, 0.2) is 0 Å². The quantitative estimate of drug-likeness (QED) is 0.515. The lowest BCUT2D eigenvalue weighted by molar-refractivity contribution is 0.306. The Morgan fingerprint density at radius 1 is 0.889 bits per heavy atom. The molecular weight excluding hydrogens is 330 g/mol. The molecule has 2 atom stereocenters. The van der Waals surface area contributed by atoms with Gasteiger partial charge in [0.1, 0.15) is 11.5 Å². The predicted octanol–water partition coefficient (Wildman–Crippen LogP) is 6.22. The van der Waals surface area contributed by atoms with E-state index in [0.717, 1.165) is 24.4 Å². The second-order valence-electron chi connectivity index (χ2n) is 8.22. The first-order valence-corrected chi connectivity index (χ1v) is 9.86. The van der Waals surface area contributed by atoms with E-state index in [4.69, 9.17) is 4.42 Å². The van der Waals surface area contributed by atoms with E-state index in [1.165, 1.54) is 11.1 Å². The number of rotatable bonds is 8. The van der Waals surface area contributed by atoms with Gasteiger partial charge in [-0.3, -0.25) is 0 Å². The largest absolute Gasteiger partial charge is 0.466 e. The summed E-state index contributed by atoms with van der Waals surface area (Å²) in [5, 5.41) is 3.87. The second kappa shape index (κ2) is 8.58. The molecule has 0 spiro atoms. The van der Waals surface area contributed by atoms with Gasteiger partial charge in [0.25, 0.3) is 0 Å². The van der Waals surface area contributed by atoms with E-state index in [1.54, 1.807) is 0 Å². The van der Waals surface area contributed by atoms with Gasteiger partial charge in [-0.1, -0.05) is 74.5 Å². The van der Waals surface area contributed by atoms with Crippen LogP contribution in [0.3, 0.4) is 0 Å². The van der Waals surface area contributed by atoms with Crippen LogP contribution in [0.2, 0.25) is 0 Å². The Hall–Kier alpha value is -2.32. The third-order valence-electron chi connectivity index (χ3n) is 5.19. The third-order valence-corrected chi connectivity index (χ3v) is 5.19. The molecule has 142 valence electrons. The summed E-state index contributed by atoms with van der Waals surface area (Å²) in [6.07, 6.45) is 1.99. The molecule has 0 radical (unpaired) electrons. The Kier molecular flexibility index (Phi) is 6.18. The molecule has 2 heteroatoms. The molecule has 3 rings (SSSR count). The van der Waals surface area contributed by atoms with Crippen LogP contribution >= 0.6 is 0 Å². The van der Waals surface area contributed by atoms with Crippen LogP contribution in [0.4, 0.5) is 0 Å². The molecule has 2 nitrogen and oxygen atoms in total. The van der Waals surface area contributed by atoms with Gasteiger partial charge in [0, 0.05) is 17.5 Å². The van der Waals surface area contributed by atoms with Crippen molar-refractivity contribution in [1.29, 1.82) is 0 Å². The van der Waals surface area contributed by atoms with Crippen LogP contribution in [-0.4, -0.2) is 6.04 Å². The van der Waals surface area contributed by atoms with Crippen molar-refractivity contribution in [2.24, 2.45) is 0 Å². The van der Waals surface area contributed by atoms with E-state index in [9.17, 15) is 0 Å². The van der Waals surface area contributed by atoms with Crippen molar-refractivity contribution in [3.8, 4) is 0 Å². The van der Waals surface area contributed by atoms with Crippen LogP contribution in [0.5, 0.6) is 0 Å². The Labute approximate surface area is 163 Å². The SMILES string of the molecule is Cc1ccc(C(C)(C)C[C@@H](C)N[C@H](Cc2ccccc2)c2ccccc2)o1. The summed E-state index contributed by atoms with van der Waals surface area (Å²) >= 11 is 0. The van der Waals surface area contributed by atoms with Crippen molar-refractivity contribution in [2.45, 2.75) is 58.0 Å². The maximum absolute atomic E-state index is 5.91. The molecule has 0 saturated carbocycles. The number of benzene rings is 2. The van der Waals surface area contributed by atoms with Gasteiger partial charge in [-0.15, -0.1) is 0 Å². The van der Waals surface area contributed by atoms with Crippen LogP contribution in [-0.2, 0) is 11.8 Å². The summed E-state index contributed by atoms with van der Waals surface area (Å²) in [7, 11) is 0. The zero-order chi connectivity index (χ0) is 19.3. The Morgan fingerprint density at radius 2 is 1.52 bits per heavy atom. The lowest BCUT2D eigenvalue weighted by Gasteiger charge is -2.30. The summed E-state index contributed by atoms with van der Waals surface area (Å²) in [5.74, 6) is 2.04. The van der Waals surface area contributed by atoms with E-state index in [0.29, 0.717) is 6.04 Å². The Morgan fingerprint density at radius 3 is 2.11 bits per heavy atom. The normalized spacial score (nSPS) is 14.1. The maximum Gasteiger partial charge on any atom is 0.109 e. The molecule has 0 aliphatic carbocycles. The minimum atomic E-state index is -0.00530. The van der Waals surface area contributed by atoms with Crippen molar-refractivity contribution in [3.63, 3.8) is 0 Å². The van der Waals surface area contributed by atoms with Gasteiger partial charge in [0.05, 0.1) is 0 Å². The monoisotopic (exact) mass is 361 g/mol. The van der Waals surface area contributed by atoms with Crippen molar-refractivity contribution < 1.29 is 4.42 Å². The second-order valence-corrected chi connectivity index (χ2v) is 8.22. The average Bonchev–Trinajstić information content (AvgIpc) is 3.10. The summed E-state index contributed by atoms with van der Waals surface area (Å²) < 4.78 is 5.91. The van der Waals surface area contributed by atoms with Gasteiger partial charge in [-0.05, 0) is 49.9 Å². The number of hydrogen-bond acceptors (Lipinski definition) is 2. The zero-order valence-corrected chi connectivity index (χ0v) is 16.9. The van der Waals surface area contributed by atoms with Crippen LogP contribution in [0, 0.1) is 6.92 Å². The first-order chi connectivity index (χ1) is 12.9. The third kappa shape index (κ3) is 5.33. The molecule has 1 heterocycles. The number of hydrogen-bond donors (Lipinski definition) is 1. The van der Waals surface area contributed by atoms with Crippen LogP contribution < -0.4 is 5.32 Å². The van der Waals surface area contributed by atoms with E-state index >= 15 is 0 Å². The summed E-state index contributed by atoms with van der Waals surface area (Å²) in [6.45, 7) is 8.81. The topological polar surface area (TPSA) is 25.2 Å². The van der Waals surface area contributed by atoms with E-state index in [-0.39, 0.29) is 11.5 Å². The summed E-state index contributed by atoms with van der Waals surface area (Å²) in [6, 6.07) is 26.3. The first-order valence-electron chi connectivity index (χ1n) is 9.86. The van der Waals surface area contributed by atoms with E-state index in [2.05, 4.69) is 98.9 Å². The predicted molar refractivity (Wildman–Crippen MR) is 113 cm³/mol. The van der Waals surface area contributed by atoms with Crippen LogP contribution in [0.15, 0.2) is 77.2 Å². The highest BCUT2D eigenvalue weighted by atomic mass is 16.3. The van der Waals surface area contributed by atoms with Crippen molar-refractivity contribution in [1.82, 2.24) is 5.32 Å². The fourth-order valence-electron chi connectivity index (χ4n) is 3.87. The molecular formula is C25H31NO. The average molecular weight is 362 g/mol. The highest BCUT2D eigenvalue weighted by Gasteiger charge is 2.27. The lowest BCUT2D eigenvalue weighted by Crippen LogP contribution is -2.36. The molecule has 0 aliphatic heterocycles. The highest BCUT2D eigenvalue weighted by Crippen LogP contribution is 2.31. The smallest absolute Gasteiger partial charge is 0.109 e. The molecule has 0 amide bonds. The summed E-state index contributed by atoms with van der Waals surface area (Å²) in [4.78, 5) is 0. The first kappa shape index (κ1) is 19.4. The fourth-order valence-corrected chi connectivity index (χ4v) is 3.87. The maximum atomic E-state index is 5.91. The number of furan rings is 1. The molecule has 0 bridgehead atoms. The van der Waals surface area contributed by atoms with Gasteiger partial charge in [-0.25, -0.2) is 0 Å². The number of nitrogens with one attached hydrogen (secondary N) is 1. The molecule has 27 heavy (non-hydrogen) atoms. The lowest BCUT2D eigenvalue weighted by atomic mass is 9.83. The van der Waals surface area contributed by atoms with Gasteiger partial charge < -0.3 is 9.73 Å².